The lowest BCUT2D eigenvalue weighted by atomic mass is 10.2. The highest BCUT2D eigenvalue weighted by molar-refractivity contribution is 7.16. The van der Waals surface area contributed by atoms with Crippen molar-refractivity contribution >= 4 is 28.8 Å². The van der Waals surface area contributed by atoms with Crippen molar-refractivity contribution in [2.24, 2.45) is 0 Å². The molecular weight excluding hydrogens is 256 g/mol. The second-order valence-electron chi connectivity index (χ2n) is 4.12. The van der Waals surface area contributed by atoms with E-state index >= 15 is 0 Å². The average Bonchev–Trinajstić information content (AvgIpc) is 2.64. The first-order chi connectivity index (χ1) is 8.02. The standard InChI is InChI=1S/C12H19ClN2OS/c1-4-14-9(2)7-12(16)15(3)8-10-5-6-11(13)17-10/h5-6,9,14H,4,7-8H2,1-3H3. The van der Waals surface area contributed by atoms with Gasteiger partial charge in [0.2, 0.25) is 5.91 Å². The first kappa shape index (κ1) is 14.5. The number of rotatable bonds is 6. The fourth-order valence-electron chi connectivity index (χ4n) is 1.60. The molecule has 0 aliphatic rings. The molecule has 96 valence electrons. The molecule has 0 saturated heterocycles. The molecule has 1 aromatic rings. The molecule has 17 heavy (non-hydrogen) atoms. The van der Waals surface area contributed by atoms with Crippen molar-refractivity contribution in [1.29, 1.82) is 0 Å². The Labute approximate surface area is 112 Å². The Balaban J connectivity index is 2.41. The van der Waals surface area contributed by atoms with E-state index in [9.17, 15) is 4.79 Å². The number of halogens is 1. The Morgan fingerprint density at radius 3 is 2.82 bits per heavy atom. The first-order valence-electron chi connectivity index (χ1n) is 5.74. The summed E-state index contributed by atoms with van der Waals surface area (Å²) in [4.78, 5) is 14.8. The van der Waals surface area contributed by atoms with E-state index in [-0.39, 0.29) is 11.9 Å². The molecule has 0 aliphatic carbocycles. The van der Waals surface area contributed by atoms with Crippen LogP contribution < -0.4 is 5.32 Å². The van der Waals surface area contributed by atoms with Gasteiger partial charge in [-0.1, -0.05) is 18.5 Å². The summed E-state index contributed by atoms with van der Waals surface area (Å²) in [6.07, 6.45) is 0.531. The van der Waals surface area contributed by atoms with E-state index in [0.29, 0.717) is 13.0 Å². The Hall–Kier alpha value is -0.580. The molecule has 1 aromatic heterocycles. The van der Waals surface area contributed by atoms with Crippen molar-refractivity contribution in [3.63, 3.8) is 0 Å². The van der Waals surface area contributed by atoms with Crippen LogP contribution in [0.2, 0.25) is 4.34 Å². The molecule has 1 amide bonds. The highest BCUT2D eigenvalue weighted by Crippen LogP contribution is 2.22. The largest absolute Gasteiger partial charge is 0.341 e. The fraction of sp³-hybridized carbons (Fsp3) is 0.583. The lowest BCUT2D eigenvalue weighted by Gasteiger charge is -2.19. The van der Waals surface area contributed by atoms with Gasteiger partial charge >= 0.3 is 0 Å². The summed E-state index contributed by atoms with van der Waals surface area (Å²) >= 11 is 7.37. The summed E-state index contributed by atoms with van der Waals surface area (Å²) in [6.45, 7) is 5.59. The van der Waals surface area contributed by atoms with Crippen LogP contribution >= 0.6 is 22.9 Å². The molecule has 1 rings (SSSR count). The van der Waals surface area contributed by atoms with Crippen molar-refractivity contribution in [2.75, 3.05) is 13.6 Å². The number of amides is 1. The van der Waals surface area contributed by atoms with E-state index in [0.717, 1.165) is 15.8 Å². The van der Waals surface area contributed by atoms with Gasteiger partial charge in [0.05, 0.1) is 10.9 Å². The Kier molecular flexibility index (Phi) is 5.95. The Bertz CT molecular complexity index is 367. The number of carbonyl (C=O) groups is 1. The van der Waals surface area contributed by atoms with Gasteiger partial charge in [0.1, 0.15) is 0 Å². The van der Waals surface area contributed by atoms with Crippen LogP contribution in [0, 0.1) is 0 Å². The topological polar surface area (TPSA) is 32.3 Å². The maximum Gasteiger partial charge on any atom is 0.224 e. The van der Waals surface area contributed by atoms with Gasteiger partial charge in [-0.25, -0.2) is 0 Å². The molecule has 1 N–H and O–H groups in total. The molecule has 1 atom stereocenters. The van der Waals surface area contributed by atoms with Gasteiger partial charge < -0.3 is 10.2 Å². The number of nitrogens with one attached hydrogen (secondary N) is 1. The van der Waals surface area contributed by atoms with E-state index in [1.165, 1.54) is 11.3 Å². The quantitative estimate of drug-likeness (QED) is 0.865. The van der Waals surface area contributed by atoms with Crippen LogP contribution in [0.3, 0.4) is 0 Å². The van der Waals surface area contributed by atoms with Crippen LogP contribution in [0.1, 0.15) is 25.1 Å². The number of hydrogen-bond acceptors (Lipinski definition) is 3. The molecule has 0 aliphatic heterocycles. The summed E-state index contributed by atoms with van der Waals surface area (Å²) < 4.78 is 0.766. The smallest absolute Gasteiger partial charge is 0.224 e. The molecule has 3 nitrogen and oxygen atoms in total. The van der Waals surface area contributed by atoms with Gasteiger partial charge in [0.15, 0.2) is 0 Å². The van der Waals surface area contributed by atoms with Crippen LogP contribution in [-0.2, 0) is 11.3 Å². The number of thiophene rings is 1. The third-order valence-electron chi connectivity index (χ3n) is 2.48. The number of carbonyl (C=O) groups excluding carboxylic acids is 1. The highest BCUT2D eigenvalue weighted by Gasteiger charge is 2.13. The second-order valence-corrected chi connectivity index (χ2v) is 5.92. The predicted octanol–water partition coefficient (Wildman–Crippen LogP) is 2.75. The second kappa shape index (κ2) is 6.99. The van der Waals surface area contributed by atoms with E-state index < -0.39 is 0 Å². The molecule has 0 spiro atoms. The van der Waals surface area contributed by atoms with E-state index in [1.807, 2.05) is 33.0 Å². The van der Waals surface area contributed by atoms with Gasteiger partial charge in [0, 0.05) is 24.4 Å². The zero-order valence-electron chi connectivity index (χ0n) is 10.5. The predicted molar refractivity (Wildman–Crippen MR) is 73.6 cm³/mol. The molecule has 0 aromatic carbocycles. The Morgan fingerprint density at radius 2 is 2.29 bits per heavy atom. The molecule has 5 heteroatoms. The molecule has 0 bridgehead atoms. The maximum absolute atomic E-state index is 11.9. The first-order valence-corrected chi connectivity index (χ1v) is 6.94. The third kappa shape index (κ3) is 5.06. The normalized spacial score (nSPS) is 12.5. The monoisotopic (exact) mass is 274 g/mol. The van der Waals surface area contributed by atoms with Crippen molar-refractivity contribution in [1.82, 2.24) is 10.2 Å². The molecule has 0 fully saturated rings. The fourth-order valence-corrected chi connectivity index (χ4v) is 2.74. The van der Waals surface area contributed by atoms with Gasteiger partial charge in [-0.05, 0) is 25.6 Å². The lowest BCUT2D eigenvalue weighted by molar-refractivity contribution is -0.130. The van der Waals surface area contributed by atoms with Crippen molar-refractivity contribution in [3.8, 4) is 0 Å². The van der Waals surface area contributed by atoms with Crippen molar-refractivity contribution in [3.05, 3.63) is 21.3 Å². The summed E-state index contributed by atoms with van der Waals surface area (Å²) in [5, 5.41) is 3.23. The third-order valence-corrected chi connectivity index (χ3v) is 3.70. The minimum atomic E-state index is 0.156. The van der Waals surface area contributed by atoms with Crippen LogP contribution in [-0.4, -0.2) is 30.4 Å². The SMILES string of the molecule is CCNC(C)CC(=O)N(C)Cc1ccc(Cl)s1. The summed E-state index contributed by atoms with van der Waals surface area (Å²) in [5.74, 6) is 0.156. The molecular formula is C12H19ClN2OS. The minimum Gasteiger partial charge on any atom is -0.341 e. The molecule has 1 unspecified atom stereocenters. The van der Waals surface area contributed by atoms with E-state index in [1.54, 1.807) is 4.90 Å². The molecule has 1 heterocycles. The van der Waals surface area contributed by atoms with Crippen LogP contribution in [0.5, 0.6) is 0 Å². The zero-order valence-corrected chi connectivity index (χ0v) is 12.1. The van der Waals surface area contributed by atoms with Gasteiger partial charge in [-0.3, -0.25) is 4.79 Å². The van der Waals surface area contributed by atoms with Gasteiger partial charge in [0.25, 0.3) is 0 Å². The summed E-state index contributed by atoms with van der Waals surface area (Å²) in [5.41, 5.74) is 0. The van der Waals surface area contributed by atoms with Gasteiger partial charge in [-0.15, -0.1) is 11.3 Å². The van der Waals surface area contributed by atoms with Crippen LogP contribution in [0.25, 0.3) is 0 Å². The summed E-state index contributed by atoms with van der Waals surface area (Å²) in [7, 11) is 1.83. The lowest BCUT2D eigenvalue weighted by Crippen LogP contribution is -2.34. The average molecular weight is 275 g/mol. The number of nitrogens with zero attached hydrogens (tertiary/aromatic N) is 1. The van der Waals surface area contributed by atoms with Crippen LogP contribution in [0.15, 0.2) is 12.1 Å². The van der Waals surface area contributed by atoms with E-state index in [4.69, 9.17) is 11.6 Å². The minimum absolute atomic E-state index is 0.156. The molecule has 0 saturated carbocycles. The Morgan fingerprint density at radius 1 is 1.59 bits per heavy atom. The maximum atomic E-state index is 11.9. The molecule has 0 radical (unpaired) electrons. The van der Waals surface area contributed by atoms with E-state index in [2.05, 4.69) is 5.32 Å². The summed E-state index contributed by atoms with van der Waals surface area (Å²) in [6, 6.07) is 4.05. The number of hydrogen-bond donors (Lipinski definition) is 1. The van der Waals surface area contributed by atoms with Gasteiger partial charge in [-0.2, -0.15) is 0 Å². The zero-order chi connectivity index (χ0) is 12.8. The van der Waals surface area contributed by atoms with Crippen molar-refractivity contribution in [2.45, 2.75) is 32.9 Å². The highest BCUT2D eigenvalue weighted by atomic mass is 35.5. The van der Waals surface area contributed by atoms with Crippen molar-refractivity contribution < 1.29 is 4.79 Å². The van der Waals surface area contributed by atoms with Crippen LogP contribution in [0.4, 0.5) is 0 Å².